The zero-order valence-corrected chi connectivity index (χ0v) is 9.93. The fraction of sp³-hybridized carbons (Fsp3) is 0.400. The van der Waals surface area contributed by atoms with Crippen molar-refractivity contribution in [2.75, 3.05) is 13.3 Å². The van der Waals surface area contributed by atoms with E-state index in [9.17, 15) is 8.42 Å². The normalized spacial score (nSPS) is 14.1. The second-order valence-electron chi connectivity index (χ2n) is 3.47. The molecule has 0 atom stereocenters. The Bertz CT molecular complexity index is 510. The van der Waals surface area contributed by atoms with E-state index in [2.05, 4.69) is 4.72 Å². The molecule has 1 aliphatic heterocycles. The molecule has 0 fully saturated rings. The fourth-order valence-electron chi connectivity index (χ4n) is 1.58. The molecule has 1 N–H and O–H groups in total. The van der Waals surface area contributed by atoms with Crippen LogP contribution in [0, 0.1) is 6.92 Å². The fourth-order valence-corrected chi connectivity index (χ4v) is 2.86. The van der Waals surface area contributed by atoms with Gasteiger partial charge < -0.3 is 9.47 Å². The molecule has 16 heavy (non-hydrogen) atoms. The van der Waals surface area contributed by atoms with Gasteiger partial charge in [-0.05, 0) is 18.6 Å². The highest BCUT2D eigenvalue weighted by Crippen LogP contribution is 2.35. The summed E-state index contributed by atoms with van der Waals surface area (Å²) in [7, 11) is -3.45. The SMILES string of the molecule is CCNS(=O)(=O)c1cc2c(cc1C)OCO2. The highest BCUT2D eigenvalue weighted by Gasteiger charge is 2.22. The van der Waals surface area contributed by atoms with Crippen LogP contribution in [0.4, 0.5) is 0 Å². The molecule has 0 spiro atoms. The molecule has 0 aromatic heterocycles. The van der Waals surface area contributed by atoms with Gasteiger partial charge in [0.1, 0.15) is 0 Å². The summed E-state index contributed by atoms with van der Waals surface area (Å²) in [4.78, 5) is 0.235. The summed E-state index contributed by atoms with van der Waals surface area (Å²) >= 11 is 0. The summed E-state index contributed by atoms with van der Waals surface area (Å²) < 4.78 is 36.5. The Morgan fingerprint density at radius 2 is 1.94 bits per heavy atom. The number of sulfonamides is 1. The Hall–Kier alpha value is -1.27. The van der Waals surface area contributed by atoms with Crippen LogP contribution in [0.5, 0.6) is 11.5 Å². The number of rotatable bonds is 3. The summed E-state index contributed by atoms with van der Waals surface area (Å²) in [6, 6.07) is 3.17. The molecule has 1 aromatic carbocycles. The number of hydrogen-bond donors (Lipinski definition) is 1. The minimum absolute atomic E-state index is 0.138. The van der Waals surface area contributed by atoms with Crippen LogP contribution in [-0.2, 0) is 10.0 Å². The molecule has 0 bridgehead atoms. The van der Waals surface area contributed by atoms with Gasteiger partial charge in [0, 0.05) is 12.6 Å². The molecule has 0 unspecified atom stereocenters. The lowest BCUT2D eigenvalue weighted by atomic mass is 10.2. The Morgan fingerprint density at radius 3 is 2.56 bits per heavy atom. The Morgan fingerprint density at radius 1 is 1.31 bits per heavy atom. The monoisotopic (exact) mass is 243 g/mol. The lowest BCUT2D eigenvalue weighted by Gasteiger charge is -2.08. The first-order chi connectivity index (χ1) is 7.54. The van der Waals surface area contributed by atoms with Gasteiger partial charge >= 0.3 is 0 Å². The number of ether oxygens (including phenoxy) is 2. The topological polar surface area (TPSA) is 64.6 Å². The number of fused-ring (bicyclic) bond motifs is 1. The Kier molecular flexibility index (Phi) is 2.77. The van der Waals surface area contributed by atoms with Crippen molar-refractivity contribution < 1.29 is 17.9 Å². The van der Waals surface area contributed by atoms with Crippen molar-refractivity contribution in [3.8, 4) is 11.5 Å². The maximum absolute atomic E-state index is 11.8. The van der Waals surface area contributed by atoms with Crippen LogP contribution in [0.15, 0.2) is 17.0 Å². The van der Waals surface area contributed by atoms with Gasteiger partial charge in [0.15, 0.2) is 11.5 Å². The van der Waals surface area contributed by atoms with Gasteiger partial charge in [-0.3, -0.25) is 0 Å². The van der Waals surface area contributed by atoms with E-state index in [1.54, 1.807) is 19.9 Å². The average molecular weight is 243 g/mol. The molecule has 2 rings (SSSR count). The number of nitrogens with one attached hydrogen (secondary N) is 1. The zero-order valence-electron chi connectivity index (χ0n) is 9.11. The van der Waals surface area contributed by atoms with E-state index >= 15 is 0 Å². The standard InChI is InChI=1S/C10H13NO4S/c1-3-11-16(12,13)10-5-9-8(4-7(10)2)14-6-15-9/h4-5,11H,3,6H2,1-2H3. The third kappa shape index (κ3) is 1.85. The third-order valence-corrected chi connectivity index (χ3v) is 3.98. The average Bonchev–Trinajstić information content (AvgIpc) is 2.63. The molecule has 6 heteroatoms. The predicted octanol–water partition coefficient (Wildman–Crippen LogP) is 1.02. The second kappa shape index (κ2) is 3.95. The molecule has 1 heterocycles. The van der Waals surface area contributed by atoms with Crippen molar-refractivity contribution in [3.63, 3.8) is 0 Å². The number of benzene rings is 1. The second-order valence-corrected chi connectivity index (χ2v) is 5.21. The molecule has 0 radical (unpaired) electrons. The smallest absolute Gasteiger partial charge is 0.240 e. The van der Waals surface area contributed by atoms with Gasteiger partial charge in [0.05, 0.1) is 4.90 Å². The van der Waals surface area contributed by atoms with E-state index in [0.29, 0.717) is 23.6 Å². The lowest BCUT2D eigenvalue weighted by molar-refractivity contribution is 0.174. The van der Waals surface area contributed by atoms with Crippen molar-refractivity contribution in [2.24, 2.45) is 0 Å². The summed E-state index contributed by atoms with van der Waals surface area (Å²) in [6.07, 6.45) is 0. The van der Waals surface area contributed by atoms with Crippen LogP contribution in [0.3, 0.4) is 0 Å². The Balaban J connectivity index is 2.50. The lowest BCUT2D eigenvalue weighted by Crippen LogP contribution is -2.23. The van der Waals surface area contributed by atoms with Crippen molar-refractivity contribution in [1.29, 1.82) is 0 Å². The van der Waals surface area contributed by atoms with Crippen molar-refractivity contribution in [2.45, 2.75) is 18.7 Å². The van der Waals surface area contributed by atoms with E-state index in [4.69, 9.17) is 9.47 Å². The summed E-state index contributed by atoms with van der Waals surface area (Å²) in [6.45, 7) is 3.96. The van der Waals surface area contributed by atoms with Crippen molar-refractivity contribution >= 4 is 10.0 Å². The molecule has 1 aliphatic rings. The third-order valence-electron chi connectivity index (χ3n) is 2.29. The van der Waals surface area contributed by atoms with Gasteiger partial charge in [0.25, 0.3) is 0 Å². The van der Waals surface area contributed by atoms with Gasteiger partial charge in [-0.1, -0.05) is 6.92 Å². The maximum Gasteiger partial charge on any atom is 0.240 e. The summed E-state index contributed by atoms with van der Waals surface area (Å²) in [5.41, 5.74) is 0.644. The molecular formula is C10H13NO4S. The molecule has 1 aromatic rings. The zero-order chi connectivity index (χ0) is 11.8. The first-order valence-electron chi connectivity index (χ1n) is 4.94. The van der Waals surface area contributed by atoms with Crippen LogP contribution < -0.4 is 14.2 Å². The number of hydrogen-bond acceptors (Lipinski definition) is 4. The quantitative estimate of drug-likeness (QED) is 0.861. The van der Waals surface area contributed by atoms with E-state index in [0.717, 1.165) is 0 Å². The van der Waals surface area contributed by atoms with Gasteiger partial charge in [-0.15, -0.1) is 0 Å². The van der Waals surface area contributed by atoms with Crippen LogP contribution in [0.1, 0.15) is 12.5 Å². The molecule has 0 aliphatic carbocycles. The highest BCUT2D eigenvalue weighted by atomic mass is 32.2. The molecular weight excluding hydrogens is 230 g/mol. The minimum Gasteiger partial charge on any atom is -0.454 e. The highest BCUT2D eigenvalue weighted by molar-refractivity contribution is 7.89. The molecule has 88 valence electrons. The molecule has 0 saturated heterocycles. The predicted molar refractivity (Wildman–Crippen MR) is 58.2 cm³/mol. The molecule has 0 amide bonds. The van der Waals surface area contributed by atoms with E-state index < -0.39 is 10.0 Å². The van der Waals surface area contributed by atoms with Gasteiger partial charge in [-0.25, -0.2) is 13.1 Å². The first-order valence-corrected chi connectivity index (χ1v) is 6.43. The minimum atomic E-state index is -3.45. The van der Waals surface area contributed by atoms with E-state index in [-0.39, 0.29) is 11.7 Å². The van der Waals surface area contributed by atoms with E-state index in [1.165, 1.54) is 6.07 Å². The van der Waals surface area contributed by atoms with Crippen LogP contribution in [0.2, 0.25) is 0 Å². The van der Waals surface area contributed by atoms with Gasteiger partial charge in [0.2, 0.25) is 16.8 Å². The Labute approximate surface area is 94.4 Å². The number of aryl methyl sites for hydroxylation is 1. The van der Waals surface area contributed by atoms with Crippen molar-refractivity contribution in [3.05, 3.63) is 17.7 Å². The molecule has 5 nitrogen and oxygen atoms in total. The first kappa shape index (κ1) is 11.2. The summed E-state index contributed by atoms with van der Waals surface area (Å²) in [5.74, 6) is 1.06. The largest absolute Gasteiger partial charge is 0.454 e. The summed E-state index contributed by atoms with van der Waals surface area (Å²) in [5, 5.41) is 0. The van der Waals surface area contributed by atoms with Crippen molar-refractivity contribution in [1.82, 2.24) is 4.72 Å². The van der Waals surface area contributed by atoms with Crippen LogP contribution >= 0.6 is 0 Å². The maximum atomic E-state index is 11.8. The molecule has 0 saturated carbocycles. The van der Waals surface area contributed by atoms with E-state index in [1.807, 2.05) is 0 Å². The van der Waals surface area contributed by atoms with Gasteiger partial charge in [-0.2, -0.15) is 0 Å². The van der Waals surface area contributed by atoms with Crippen LogP contribution in [0.25, 0.3) is 0 Å². The van der Waals surface area contributed by atoms with Crippen LogP contribution in [-0.4, -0.2) is 21.8 Å².